The van der Waals surface area contributed by atoms with Crippen molar-refractivity contribution in [3.05, 3.63) is 29.3 Å². The van der Waals surface area contributed by atoms with Crippen LogP contribution in [0, 0.1) is 6.92 Å². The molecule has 1 atom stereocenters. The molecule has 0 aliphatic rings. The third-order valence-corrected chi connectivity index (χ3v) is 3.13. The molecule has 0 aromatic heterocycles. The molecule has 0 aliphatic carbocycles. The lowest BCUT2D eigenvalue weighted by atomic mass is 10.1. The second-order valence-corrected chi connectivity index (χ2v) is 4.13. The Morgan fingerprint density at radius 3 is 2.87 bits per heavy atom. The molecular formula is C11H14BrNO2. The van der Waals surface area contributed by atoms with Crippen molar-refractivity contribution < 1.29 is 9.90 Å². The van der Waals surface area contributed by atoms with Crippen molar-refractivity contribution in [3.8, 4) is 5.75 Å². The van der Waals surface area contributed by atoms with Crippen LogP contribution in [0.5, 0.6) is 5.75 Å². The number of amides is 1. The van der Waals surface area contributed by atoms with Crippen LogP contribution < -0.4 is 5.32 Å². The fraction of sp³-hybridized carbons (Fsp3) is 0.364. The normalized spacial score (nSPS) is 12.2. The Morgan fingerprint density at radius 1 is 1.60 bits per heavy atom. The molecule has 2 N–H and O–H groups in total. The summed E-state index contributed by atoms with van der Waals surface area (Å²) in [5.74, 6) is -0.00973. The van der Waals surface area contributed by atoms with Crippen molar-refractivity contribution in [2.45, 2.75) is 19.9 Å². The van der Waals surface area contributed by atoms with Crippen LogP contribution in [-0.4, -0.2) is 22.4 Å². The Hall–Kier alpha value is -1.03. The fourth-order valence-electron chi connectivity index (χ4n) is 1.21. The molecule has 0 saturated heterocycles. The molecule has 0 fully saturated rings. The van der Waals surface area contributed by atoms with Gasteiger partial charge in [-0.25, -0.2) is 0 Å². The molecule has 3 nitrogen and oxygen atoms in total. The van der Waals surface area contributed by atoms with E-state index < -0.39 is 0 Å². The van der Waals surface area contributed by atoms with Crippen LogP contribution in [0.25, 0.3) is 0 Å². The molecule has 1 rings (SSSR count). The first kappa shape index (κ1) is 12.0. The SMILES string of the molecule is Cc1c(O)cccc1C(=O)NC(C)CBr. The van der Waals surface area contributed by atoms with Gasteiger partial charge in [-0.05, 0) is 26.0 Å². The average molecular weight is 272 g/mol. The number of hydrogen-bond donors (Lipinski definition) is 2. The number of halogens is 1. The van der Waals surface area contributed by atoms with E-state index in [2.05, 4.69) is 21.2 Å². The smallest absolute Gasteiger partial charge is 0.251 e. The van der Waals surface area contributed by atoms with Crippen LogP contribution in [-0.2, 0) is 0 Å². The average Bonchev–Trinajstić information content (AvgIpc) is 2.21. The van der Waals surface area contributed by atoms with Crippen molar-refractivity contribution in [1.82, 2.24) is 5.32 Å². The first-order valence-corrected chi connectivity index (χ1v) is 5.83. The van der Waals surface area contributed by atoms with Crippen molar-refractivity contribution in [1.29, 1.82) is 0 Å². The standard InChI is InChI=1S/C11H14BrNO2/c1-7(6-12)13-11(15)9-4-3-5-10(14)8(9)2/h3-5,7,14H,6H2,1-2H3,(H,13,15). The largest absolute Gasteiger partial charge is 0.508 e. The third-order valence-electron chi connectivity index (χ3n) is 2.16. The number of benzene rings is 1. The number of hydrogen-bond acceptors (Lipinski definition) is 2. The molecule has 1 amide bonds. The zero-order valence-corrected chi connectivity index (χ0v) is 10.3. The summed E-state index contributed by atoms with van der Waals surface area (Å²) in [4.78, 5) is 11.7. The fourth-order valence-corrected chi connectivity index (χ4v) is 1.37. The highest BCUT2D eigenvalue weighted by Gasteiger charge is 2.12. The molecule has 15 heavy (non-hydrogen) atoms. The van der Waals surface area contributed by atoms with Crippen LogP contribution in [0.3, 0.4) is 0 Å². The van der Waals surface area contributed by atoms with Crippen molar-refractivity contribution in [2.75, 3.05) is 5.33 Å². The lowest BCUT2D eigenvalue weighted by molar-refractivity contribution is 0.0943. The molecule has 1 aromatic rings. The predicted molar refractivity (Wildman–Crippen MR) is 63.6 cm³/mol. The van der Waals surface area contributed by atoms with Gasteiger partial charge < -0.3 is 10.4 Å². The summed E-state index contributed by atoms with van der Waals surface area (Å²) < 4.78 is 0. The topological polar surface area (TPSA) is 49.3 Å². The number of nitrogens with one attached hydrogen (secondary N) is 1. The van der Waals surface area contributed by atoms with Crippen LogP contribution in [0.4, 0.5) is 0 Å². The lowest BCUT2D eigenvalue weighted by Crippen LogP contribution is -2.33. The maximum Gasteiger partial charge on any atom is 0.251 e. The highest BCUT2D eigenvalue weighted by atomic mass is 79.9. The number of aromatic hydroxyl groups is 1. The first-order valence-electron chi connectivity index (χ1n) is 4.71. The second-order valence-electron chi connectivity index (χ2n) is 3.48. The summed E-state index contributed by atoms with van der Waals surface area (Å²) in [7, 11) is 0. The summed E-state index contributed by atoms with van der Waals surface area (Å²) in [5.41, 5.74) is 1.12. The van der Waals surface area contributed by atoms with Gasteiger partial charge >= 0.3 is 0 Å². The lowest BCUT2D eigenvalue weighted by Gasteiger charge is -2.12. The minimum Gasteiger partial charge on any atom is -0.508 e. The number of phenolic OH excluding ortho intramolecular Hbond substituents is 1. The molecule has 0 spiro atoms. The minimum absolute atomic E-state index is 0.0687. The highest BCUT2D eigenvalue weighted by molar-refractivity contribution is 9.09. The Bertz CT molecular complexity index is 366. The van der Waals surface area contributed by atoms with Gasteiger partial charge in [-0.3, -0.25) is 4.79 Å². The van der Waals surface area contributed by atoms with Gasteiger partial charge in [0.05, 0.1) is 0 Å². The van der Waals surface area contributed by atoms with E-state index >= 15 is 0 Å². The van der Waals surface area contributed by atoms with Crippen LogP contribution >= 0.6 is 15.9 Å². The zero-order valence-electron chi connectivity index (χ0n) is 8.75. The van der Waals surface area contributed by atoms with Gasteiger partial charge in [0.2, 0.25) is 0 Å². The van der Waals surface area contributed by atoms with Crippen LogP contribution in [0.1, 0.15) is 22.8 Å². The third kappa shape index (κ3) is 2.96. The molecule has 82 valence electrons. The van der Waals surface area contributed by atoms with Crippen molar-refractivity contribution in [3.63, 3.8) is 0 Å². The molecule has 4 heteroatoms. The molecule has 0 saturated carbocycles. The van der Waals surface area contributed by atoms with E-state index in [1.807, 2.05) is 6.92 Å². The van der Waals surface area contributed by atoms with E-state index in [0.717, 1.165) is 0 Å². The Labute approximate surface area is 97.6 Å². The number of phenols is 1. The quantitative estimate of drug-likeness (QED) is 0.829. The van der Waals surface area contributed by atoms with E-state index in [9.17, 15) is 9.90 Å². The molecule has 0 bridgehead atoms. The second kappa shape index (κ2) is 5.16. The van der Waals surface area contributed by atoms with Gasteiger partial charge in [0, 0.05) is 22.5 Å². The number of carbonyl (C=O) groups excluding carboxylic acids is 1. The van der Waals surface area contributed by atoms with Gasteiger partial charge in [-0.1, -0.05) is 22.0 Å². The van der Waals surface area contributed by atoms with E-state index in [1.54, 1.807) is 25.1 Å². The number of alkyl halides is 1. The maximum absolute atomic E-state index is 11.7. The highest BCUT2D eigenvalue weighted by Crippen LogP contribution is 2.19. The Morgan fingerprint density at radius 2 is 2.27 bits per heavy atom. The summed E-state index contributed by atoms with van der Waals surface area (Å²) in [5, 5.41) is 13.0. The van der Waals surface area contributed by atoms with Gasteiger partial charge in [-0.2, -0.15) is 0 Å². The molecule has 1 aromatic carbocycles. The maximum atomic E-state index is 11.7. The molecule has 0 heterocycles. The van der Waals surface area contributed by atoms with E-state index in [1.165, 1.54) is 0 Å². The van der Waals surface area contributed by atoms with E-state index in [0.29, 0.717) is 16.5 Å². The molecule has 1 unspecified atom stereocenters. The summed E-state index contributed by atoms with van der Waals surface area (Å²) in [6.07, 6.45) is 0. The molecule has 0 aliphatic heterocycles. The van der Waals surface area contributed by atoms with Crippen LogP contribution in [0.2, 0.25) is 0 Å². The summed E-state index contributed by atoms with van der Waals surface area (Å²) in [6, 6.07) is 5.00. The van der Waals surface area contributed by atoms with E-state index in [-0.39, 0.29) is 17.7 Å². The van der Waals surface area contributed by atoms with Gasteiger partial charge in [-0.15, -0.1) is 0 Å². The van der Waals surface area contributed by atoms with Crippen LogP contribution in [0.15, 0.2) is 18.2 Å². The number of carbonyl (C=O) groups is 1. The van der Waals surface area contributed by atoms with Crippen molar-refractivity contribution >= 4 is 21.8 Å². The summed E-state index contributed by atoms with van der Waals surface area (Å²) in [6.45, 7) is 3.63. The summed E-state index contributed by atoms with van der Waals surface area (Å²) >= 11 is 3.28. The predicted octanol–water partition coefficient (Wildman–Crippen LogP) is 2.21. The van der Waals surface area contributed by atoms with Gasteiger partial charge in [0.25, 0.3) is 5.91 Å². The first-order chi connectivity index (χ1) is 7.06. The van der Waals surface area contributed by atoms with Crippen molar-refractivity contribution in [2.24, 2.45) is 0 Å². The Balaban J connectivity index is 2.87. The number of rotatable bonds is 3. The molecular weight excluding hydrogens is 258 g/mol. The van der Waals surface area contributed by atoms with E-state index in [4.69, 9.17) is 0 Å². The van der Waals surface area contributed by atoms with Gasteiger partial charge in [0.1, 0.15) is 5.75 Å². The molecule has 0 radical (unpaired) electrons. The monoisotopic (exact) mass is 271 g/mol. The Kier molecular flexibility index (Phi) is 4.15. The minimum atomic E-state index is -0.157. The van der Waals surface area contributed by atoms with Gasteiger partial charge in [0.15, 0.2) is 0 Å². The zero-order chi connectivity index (χ0) is 11.4.